The van der Waals surface area contributed by atoms with Gasteiger partial charge in [-0.05, 0) is 47.7 Å². The van der Waals surface area contributed by atoms with Crippen LogP contribution in [0.5, 0.6) is 11.5 Å². The van der Waals surface area contributed by atoms with Crippen molar-refractivity contribution in [3.05, 3.63) is 95.1 Å². The van der Waals surface area contributed by atoms with Crippen molar-refractivity contribution in [3.8, 4) is 11.5 Å². The molecule has 0 saturated heterocycles. The number of fused-ring (bicyclic) bond motifs is 1. The fraction of sp³-hybridized carbons (Fsp3) is 0.269. The molecule has 0 aromatic heterocycles. The summed E-state index contributed by atoms with van der Waals surface area (Å²) < 4.78 is 16.4. The van der Waals surface area contributed by atoms with Gasteiger partial charge in [0.2, 0.25) is 0 Å². The van der Waals surface area contributed by atoms with Gasteiger partial charge in [-0.2, -0.15) is 0 Å². The van der Waals surface area contributed by atoms with Gasteiger partial charge in [0.05, 0.1) is 12.2 Å². The highest BCUT2D eigenvalue weighted by Crippen LogP contribution is 2.35. The second kappa shape index (κ2) is 9.59. The van der Waals surface area contributed by atoms with Gasteiger partial charge in [-0.1, -0.05) is 54.6 Å². The lowest BCUT2D eigenvalue weighted by atomic mass is 9.95. The fourth-order valence-corrected chi connectivity index (χ4v) is 3.93. The molecule has 4 heteroatoms. The van der Waals surface area contributed by atoms with Gasteiger partial charge in [0.1, 0.15) is 11.5 Å². The first-order valence-electron chi connectivity index (χ1n) is 10.3. The van der Waals surface area contributed by atoms with E-state index < -0.39 is 0 Å². The third kappa shape index (κ3) is 4.71. The van der Waals surface area contributed by atoms with E-state index in [-0.39, 0.29) is 18.5 Å². The van der Waals surface area contributed by atoms with Crippen molar-refractivity contribution in [2.45, 2.75) is 19.3 Å². The molecule has 1 aliphatic rings. The van der Waals surface area contributed by atoms with Crippen LogP contribution in [0, 0.1) is 5.92 Å². The number of Topliss-reactive ketones (excluding diaryl/α,β-unsaturated/α-hetero) is 1. The third-order valence-corrected chi connectivity index (χ3v) is 5.44. The molecule has 0 aliphatic heterocycles. The zero-order valence-electron chi connectivity index (χ0n) is 17.2. The summed E-state index contributed by atoms with van der Waals surface area (Å²) in [6.45, 7) is 0.782. The Morgan fingerprint density at radius 1 is 0.867 bits per heavy atom. The number of ether oxygens (including phenoxy) is 3. The van der Waals surface area contributed by atoms with Crippen LogP contribution in [-0.4, -0.2) is 26.3 Å². The van der Waals surface area contributed by atoms with E-state index in [1.807, 2.05) is 60.7 Å². The fourth-order valence-electron chi connectivity index (χ4n) is 3.93. The Balaban J connectivity index is 1.39. The van der Waals surface area contributed by atoms with Crippen molar-refractivity contribution in [1.82, 2.24) is 0 Å². The zero-order valence-corrected chi connectivity index (χ0v) is 17.2. The van der Waals surface area contributed by atoms with Crippen LogP contribution in [0.25, 0.3) is 0 Å². The minimum absolute atomic E-state index is 0.0513. The van der Waals surface area contributed by atoms with E-state index in [0.29, 0.717) is 18.8 Å². The molecule has 1 atom stereocenters. The van der Waals surface area contributed by atoms with E-state index >= 15 is 0 Å². The maximum atomic E-state index is 13.1. The Labute approximate surface area is 177 Å². The van der Waals surface area contributed by atoms with Crippen molar-refractivity contribution in [1.29, 1.82) is 0 Å². The first-order valence-corrected chi connectivity index (χ1v) is 10.3. The number of carbonyl (C=O) groups is 1. The van der Waals surface area contributed by atoms with Crippen molar-refractivity contribution >= 4 is 5.78 Å². The smallest absolute Gasteiger partial charge is 0.188 e. The summed E-state index contributed by atoms with van der Waals surface area (Å²) >= 11 is 0. The lowest BCUT2D eigenvalue weighted by Crippen LogP contribution is -2.13. The number of methoxy groups -OCH3 is 1. The Bertz CT molecular complexity index is 980. The molecule has 4 rings (SSSR count). The molecule has 30 heavy (non-hydrogen) atoms. The molecule has 1 unspecified atom stereocenters. The lowest BCUT2D eigenvalue weighted by Gasteiger charge is -2.11. The maximum absolute atomic E-state index is 13.1. The van der Waals surface area contributed by atoms with E-state index in [9.17, 15) is 4.79 Å². The molecule has 0 bridgehead atoms. The van der Waals surface area contributed by atoms with Crippen LogP contribution in [0.15, 0.2) is 72.8 Å². The van der Waals surface area contributed by atoms with Crippen LogP contribution in [0.4, 0.5) is 0 Å². The average Bonchev–Trinajstić information content (AvgIpc) is 3.10. The average molecular weight is 402 g/mol. The number of ketones is 1. The Morgan fingerprint density at radius 2 is 1.67 bits per heavy atom. The van der Waals surface area contributed by atoms with Gasteiger partial charge in [0.15, 0.2) is 12.6 Å². The Hall–Kier alpha value is -3.11. The van der Waals surface area contributed by atoms with E-state index in [1.165, 1.54) is 5.56 Å². The highest BCUT2D eigenvalue weighted by Gasteiger charge is 2.33. The quantitative estimate of drug-likeness (QED) is 0.478. The monoisotopic (exact) mass is 402 g/mol. The van der Waals surface area contributed by atoms with Gasteiger partial charge in [0.25, 0.3) is 0 Å². The predicted molar refractivity (Wildman–Crippen MR) is 116 cm³/mol. The number of hydrogen-bond donors (Lipinski definition) is 0. The first kappa shape index (κ1) is 20.2. The van der Waals surface area contributed by atoms with Crippen LogP contribution < -0.4 is 9.47 Å². The summed E-state index contributed by atoms with van der Waals surface area (Å²) in [6.07, 6.45) is 2.28. The van der Waals surface area contributed by atoms with Gasteiger partial charge in [-0.3, -0.25) is 4.79 Å². The molecule has 0 amide bonds. The first-order chi connectivity index (χ1) is 14.7. The van der Waals surface area contributed by atoms with E-state index in [2.05, 4.69) is 12.1 Å². The largest absolute Gasteiger partial charge is 0.492 e. The van der Waals surface area contributed by atoms with Crippen LogP contribution >= 0.6 is 0 Å². The number of rotatable bonds is 9. The minimum Gasteiger partial charge on any atom is -0.492 e. The normalized spacial score (nSPS) is 15.1. The Kier molecular flexibility index (Phi) is 6.45. The second-order valence-corrected chi connectivity index (χ2v) is 7.54. The van der Waals surface area contributed by atoms with Gasteiger partial charge in [-0.15, -0.1) is 0 Å². The van der Waals surface area contributed by atoms with Gasteiger partial charge in [0, 0.05) is 19.4 Å². The molecule has 4 nitrogen and oxygen atoms in total. The van der Waals surface area contributed by atoms with Crippen molar-refractivity contribution in [2.24, 2.45) is 5.92 Å². The van der Waals surface area contributed by atoms with Crippen molar-refractivity contribution in [3.63, 3.8) is 0 Å². The third-order valence-electron chi connectivity index (χ3n) is 5.44. The van der Waals surface area contributed by atoms with Gasteiger partial charge < -0.3 is 14.2 Å². The second-order valence-electron chi connectivity index (χ2n) is 7.54. The van der Waals surface area contributed by atoms with Gasteiger partial charge in [-0.25, -0.2) is 0 Å². The van der Waals surface area contributed by atoms with Crippen molar-refractivity contribution in [2.75, 3.05) is 20.5 Å². The topological polar surface area (TPSA) is 44.8 Å². The molecular weight excluding hydrogens is 376 g/mol. The van der Waals surface area contributed by atoms with Crippen LogP contribution in [-0.2, 0) is 24.0 Å². The van der Waals surface area contributed by atoms with Crippen molar-refractivity contribution < 1.29 is 19.0 Å². The van der Waals surface area contributed by atoms with E-state index in [4.69, 9.17) is 14.2 Å². The molecule has 0 saturated carbocycles. The summed E-state index contributed by atoms with van der Waals surface area (Å²) in [6, 6.07) is 24.0. The SMILES string of the molecule is COCOc1ccc(CC2Cc3cccc(OCCc4ccccc4)c3C2=O)cc1. The number of benzene rings is 3. The molecule has 3 aromatic rings. The number of hydrogen-bond acceptors (Lipinski definition) is 4. The zero-order chi connectivity index (χ0) is 20.8. The van der Waals surface area contributed by atoms with Crippen LogP contribution in [0.2, 0.25) is 0 Å². The van der Waals surface area contributed by atoms with Gasteiger partial charge >= 0.3 is 0 Å². The Morgan fingerprint density at radius 3 is 2.43 bits per heavy atom. The lowest BCUT2D eigenvalue weighted by molar-refractivity contribution is 0.0511. The summed E-state index contributed by atoms with van der Waals surface area (Å²) in [5, 5.41) is 0. The molecule has 1 aliphatic carbocycles. The standard InChI is InChI=1S/C26H26O4/c1-28-18-30-23-12-10-20(11-13-23)16-22-17-21-8-5-9-24(25(21)26(22)27)29-15-14-19-6-3-2-4-7-19/h2-13,22H,14-18H2,1H3. The summed E-state index contributed by atoms with van der Waals surface area (Å²) in [7, 11) is 1.59. The van der Waals surface area contributed by atoms with Crippen LogP contribution in [0.1, 0.15) is 27.0 Å². The molecule has 0 spiro atoms. The molecule has 3 aromatic carbocycles. The minimum atomic E-state index is -0.0513. The number of carbonyl (C=O) groups excluding carboxylic acids is 1. The highest BCUT2D eigenvalue weighted by molar-refractivity contribution is 6.04. The molecule has 0 fully saturated rings. The van der Waals surface area contributed by atoms with E-state index in [0.717, 1.165) is 35.3 Å². The molecule has 0 N–H and O–H groups in total. The summed E-state index contributed by atoms with van der Waals surface area (Å²) in [5.74, 6) is 1.60. The maximum Gasteiger partial charge on any atom is 0.188 e. The summed E-state index contributed by atoms with van der Waals surface area (Å²) in [4.78, 5) is 13.1. The molecule has 0 radical (unpaired) electrons. The highest BCUT2D eigenvalue weighted by atomic mass is 16.7. The summed E-state index contributed by atoms with van der Waals surface area (Å²) in [5.41, 5.74) is 4.20. The molecule has 0 heterocycles. The predicted octanol–water partition coefficient (Wildman–Crippen LogP) is 4.89. The van der Waals surface area contributed by atoms with E-state index in [1.54, 1.807) is 7.11 Å². The molecule has 154 valence electrons. The van der Waals surface area contributed by atoms with Crippen LogP contribution in [0.3, 0.4) is 0 Å². The molecular formula is C26H26O4.